The van der Waals surface area contributed by atoms with E-state index >= 15 is 0 Å². The number of hydrogen-bond donors (Lipinski definition) is 1. The predicted octanol–water partition coefficient (Wildman–Crippen LogP) is 5.29. The van der Waals surface area contributed by atoms with Gasteiger partial charge in [0.2, 0.25) is 0 Å². The maximum absolute atomic E-state index is 10.2. The van der Waals surface area contributed by atoms with Crippen molar-refractivity contribution >= 4 is 16.3 Å². The molecule has 0 radical (unpaired) electrons. The normalized spacial score (nSPS) is 12.8. The summed E-state index contributed by atoms with van der Waals surface area (Å²) in [6.07, 6.45) is 7.31. The maximum atomic E-state index is 10.2. The van der Waals surface area contributed by atoms with E-state index in [0.717, 1.165) is 28.3 Å². The number of rotatable bonds is 1. The highest BCUT2D eigenvalue weighted by atomic mass is 16.3. The van der Waals surface area contributed by atoms with Crippen LogP contribution in [0.3, 0.4) is 0 Å². The van der Waals surface area contributed by atoms with Crippen molar-refractivity contribution in [3.8, 4) is 17.6 Å². The molecule has 24 heavy (non-hydrogen) atoms. The molecule has 0 atom stereocenters. The number of phenols is 1. The van der Waals surface area contributed by atoms with Crippen molar-refractivity contribution in [2.24, 2.45) is 0 Å². The van der Waals surface area contributed by atoms with E-state index in [0.29, 0.717) is 5.56 Å². The Labute approximate surface area is 141 Å². The van der Waals surface area contributed by atoms with Crippen molar-refractivity contribution in [3.63, 3.8) is 0 Å². The Bertz CT molecular complexity index is 1040. The van der Waals surface area contributed by atoms with E-state index in [1.807, 2.05) is 48.5 Å². The molecule has 0 heterocycles. The Morgan fingerprint density at radius 3 is 2.54 bits per heavy atom. The summed E-state index contributed by atoms with van der Waals surface area (Å²) in [5, 5.41) is 12.3. The molecule has 0 fully saturated rings. The van der Waals surface area contributed by atoms with Crippen molar-refractivity contribution < 1.29 is 5.11 Å². The molecule has 0 aliphatic heterocycles. The van der Waals surface area contributed by atoms with E-state index in [1.165, 1.54) is 5.57 Å². The van der Waals surface area contributed by atoms with Crippen LogP contribution in [0.2, 0.25) is 0 Å². The maximum Gasteiger partial charge on any atom is 0.131 e. The van der Waals surface area contributed by atoms with Gasteiger partial charge >= 0.3 is 0 Å². The Balaban J connectivity index is 1.83. The fourth-order valence-corrected chi connectivity index (χ4v) is 3.04. The monoisotopic (exact) mass is 308 g/mol. The molecule has 4 rings (SSSR count). The lowest BCUT2D eigenvalue weighted by atomic mass is 9.98. The first-order chi connectivity index (χ1) is 11.8. The van der Waals surface area contributed by atoms with Crippen molar-refractivity contribution in [3.05, 3.63) is 95.6 Å². The van der Waals surface area contributed by atoms with Crippen LogP contribution in [-0.4, -0.2) is 5.11 Å². The quantitative estimate of drug-likeness (QED) is 0.606. The number of hydrogen-bond acceptors (Lipinski definition) is 1. The lowest BCUT2D eigenvalue weighted by Crippen LogP contribution is -1.88. The van der Waals surface area contributed by atoms with E-state index < -0.39 is 0 Å². The van der Waals surface area contributed by atoms with Crippen LogP contribution in [0.1, 0.15) is 23.1 Å². The largest absolute Gasteiger partial charge is 0.507 e. The summed E-state index contributed by atoms with van der Waals surface area (Å²) < 4.78 is 0. The van der Waals surface area contributed by atoms with Gasteiger partial charge in [0.25, 0.3) is 0 Å². The summed E-state index contributed by atoms with van der Waals surface area (Å²) in [7, 11) is 0. The van der Waals surface area contributed by atoms with Crippen LogP contribution in [0.4, 0.5) is 0 Å². The summed E-state index contributed by atoms with van der Waals surface area (Å²) in [6.45, 7) is 0. The van der Waals surface area contributed by atoms with Crippen molar-refractivity contribution in [2.45, 2.75) is 6.42 Å². The summed E-state index contributed by atoms with van der Waals surface area (Å²) in [6, 6.07) is 19.8. The predicted molar refractivity (Wildman–Crippen MR) is 99.8 cm³/mol. The van der Waals surface area contributed by atoms with Crippen LogP contribution in [0.5, 0.6) is 5.75 Å². The van der Waals surface area contributed by atoms with Gasteiger partial charge in [-0.05, 0) is 35.1 Å². The lowest BCUT2D eigenvalue weighted by molar-refractivity contribution is 0.474. The number of aromatic hydroxyl groups is 1. The first-order valence-electron chi connectivity index (χ1n) is 8.01. The summed E-state index contributed by atoms with van der Waals surface area (Å²) in [4.78, 5) is 0. The summed E-state index contributed by atoms with van der Waals surface area (Å²) in [5.41, 5.74) is 4.11. The molecular weight excluding hydrogens is 292 g/mol. The highest BCUT2D eigenvalue weighted by Crippen LogP contribution is 2.28. The molecule has 1 aliphatic carbocycles. The van der Waals surface area contributed by atoms with Gasteiger partial charge in [-0.1, -0.05) is 78.6 Å². The minimum absolute atomic E-state index is 0.223. The van der Waals surface area contributed by atoms with Crippen LogP contribution in [-0.2, 0) is 0 Å². The van der Waals surface area contributed by atoms with Gasteiger partial charge in [0.1, 0.15) is 5.75 Å². The lowest BCUT2D eigenvalue weighted by Gasteiger charge is -2.06. The van der Waals surface area contributed by atoms with Crippen LogP contribution < -0.4 is 0 Å². The van der Waals surface area contributed by atoms with E-state index in [2.05, 4.69) is 36.1 Å². The van der Waals surface area contributed by atoms with Crippen molar-refractivity contribution in [1.82, 2.24) is 0 Å². The zero-order valence-corrected chi connectivity index (χ0v) is 13.2. The highest BCUT2D eigenvalue weighted by Gasteiger charge is 2.07. The second-order valence-corrected chi connectivity index (χ2v) is 5.80. The van der Waals surface area contributed by atoms with Gasteiger partial charge < -0.3 is 5.11 Å². The molecule has 1 N–H and O–H groups in total. The Morgan fingerprint density at radius 2 is 1.67 bits per heavy atom. The third-order valence-corrected chi connectivity index (χ3v) is 4.27. The molecule has 3 aromatic carbocycles. The van der Waals surface area contributed by atoms with Crippen molar-refractivity contribution in [1.29, 1.82) is 0 Å². The van der Waals surface area contributed by atoms with E-state index in [-0.39, 0.29) is 5.75 Å². The third-order valence-electron chi connectivity index (χ3n) is 4.27. The smallest absolute Gasteiger partial charge is 0.131 e. The zero-order valence-electron chi connectivity index (χ0n) is 13.2. The summed E-state index contributed by atoms with van der Waals surface area (Å²) in [5.74, 6) is 6.67. The van der Waals surface area contributed by atoms with Gasteiger partial charge in [0.05, 0.1) is 5.56 Å². The number of fused-ring (bicyclic) bond motifs is 1. The third kappa shape index (κ3) is 2.59. The first kappa shape index (κ1) is 14.4. The SMILES string of the molecule is Oc1ccc2ccccc2c1C#Cc1ccccc1C1=CC=CC1. The van der Waals surface area contributed by atoms with Crippen LogP contribution in [0.25, 0.3) is 16.3 Å². The first-order valence-corrected chi connectivity index (χ1v) is 8.01. The fourth-order valence-electron chi connectivity index (χ4n) is 3.04. The molecule has 0 unspecified atom stereocenters. The molecule has 0 saturated carbocycles. The molecule has 0 spiro atoms. The molecule has 1 aliphatic rings. The molecule has 114 valence electrons. The van der Waals surface area contributed by atoms with Crippen LogP contribution in [0.15, 0.2) is 78.9 Å². The van der Waals surface area contributed by atoms with Gasteiger partial charge in [-0.3, -0.25) is 0 Å². The Kier molecular flexibility index (Phi) is 3.65. The average Bonchev–Trinajstić information content (AvgIpc) is 3.16. The molecule has 1 heteroatoms. The highest BCUT2D eigenvalue weighted by molar-refractivity contribution is 5.90. The van der Waals surface area contributed by atoms with Crippen molar-refractivity contribution in [2.75, 3.05) is 0 Å². The fraction of sp³-hybridized carbons (Fsp3) is 0.0435. The van der Waals surface area contributed by atoms with Gasteiger partial charge in [-0.25, -0.2) is 0 Å². The average molecular weight is 308 g/mol. The van der Waals surface area contributed by atoms with Crippen LogP contribution >= 0.6 is 0 Å². The topological polar surface area (TPSA) is 20.2 Å². The van der Waals surface area contributed by atoms with Gasteiger partial charge in [-0.15, -0.1) is 0 Å². The molecule has 0 bridgehead atoms. The molecule has 0 saturated heterocycles. The molecular formula is C23H16O. The number of phenolic OH excluding ortho intramolecular Hbond substituents is 1. The van der Waals surface area contributed by atoms with Gasteiger partial charge in [0, 0.05) is 10.9 Å². The standard InChI is InChI=1S/C23H16O/c24-23-16-14-19-10-4-6-12-21(19)22(23)15-13-18-9-3-5-11-20(18)17-7-1-2-8-17/h1-7,9-12,14,16,24H,8H2. The van der Waals surface area contributed by atoms with Crippen LogP contribution in [0, 0.1) is 11.8 Å². The second-order valence-electron chi connectivity index (χ2n) is 5.80. The Morgan fingerprint density at radius 1 is 0.833 bits per heavy atom. The molecule has 3 aromatic rings. The number of allylic oxidation sites excluding steroid dienone is 4. The summed E-state index contributed by atoms with van der Waals surface area (Å²) >= 11 is 0. The van der Waals surface area contributed by atoms with Gasteiger partial charge in [-0.2, -0.15) is 0 Å². The molecule has 0 aromatic heterocycles. The molecule has 0 amide bonds. The second kappa shape index (κ2) is 6.10. The molecule has 1 nitrogen and oxygen atoms in total. The van der Waals surface area contributed by atoms with E-state index in [9.17, 15) is 5.11 Å². The minimum atomic E-state index is 0.223. The Hall–Kier alpha value is -3.24. The number of benzene rings is 3. The van der Waals surface area contributed by atoms with E-state index in [4.69, 9.17) is 0 Å². The minimum Gasteiger partial charge on any atom is -0.507 e. The zero-order chi connectivity index (χ0) is 16.4. The van der Waals surface area contributed by atoms with Gasteiger partial charge in [0.15, 0.2) is 0 Å². The van der Waals surface area contributed by atoms with E-state index in [1.54, 1.807) is 6.07 Å².